The largest absolute Gasteiger partial charge is 0.455 e. The molecular weight excluding hydrogens is 368 g/mol. The van der Waals surface area contributed by atoms with Gasteiger partial charge in [-0.05, 0) is 43.7 Å². The topological polar surface area (TPSA) is 89.7 Å². The van der Waals surface area contributed by atoms with Gasteiger partial charge in [-0.2, -0.15) is 0 Å². The number of nitro groups is 1. The van der Waals surface area contributed by atoms with Crippen molar-refractivity contribution < 1.29 is 19.2 Å². The summed E-state index contributed by atoms with van der Waals surface area (Å²) in [6, 6.07) is 6.30. The summed E-state index contributed by atoms with van der Waals surface area (Å²) in [5, 5.41) is 10.6. The Morgan fingerprint density at radius 2 is 1.85 bits per heavy atom. The Bertz CT molecular complexity index is 692. The number of carbonyl (C=O) groups excluding carboxylic acids is 2. The molecule has 0 N–H and O–H groups in total. The minimum Gasteiger partial charge on any atom is -0.455 e. The minimum absolute atomic E-state index is 0.00933. The maximum atomic E-state index is 12.5. The van der Waals surface area contributed by atoms with Crippen LogP contribution in [0.1, 0.15) is 38.5 Å². The maximum Gasteiger partial charge on any atom is 0.316 e. The van der Waals surface area contributed by atoms with Crippen LogP contribution in [0.15, 0.2) is 29.2 Å². The van der Waals surface area contributed by atoms with Crippen molar-refractivity contribution in [1.29, 1.82) is 0 Å². The van der Waals surface area contributed by atoms with E-state index in [4.69, 9.17) is 4.74 Å². The number of non-ortho nitro benzene ring substituents is 1. The number of benzene rings is 1. The van der Waals surface area contributed by atoms with Gasteiger partial charge >= 0.3 is 5.97 Å². The van der Waals surface area contributed by atoms with Crippen molar-refractivity contribution in [2.75, 3.05) is 18.9 Å². The van der Waals surface area contributed by atoms with Gasteiger partial charge in [-0.3, -0.25) is 19.7 Å². The van der Waals surface area contributed by atoms with Gasteiger partial charge in [0.2, 0.25) is 0 Å². The molecule has 1 amide bonds. The molecule has 146 valence electrons. The Morgan fingerprint density at radius 1 is 1.15 bits per heavy atom. The van der Waals surface area contributed by atoms with E-state index < -0.39 is 10.9 Å². The van der Waals surface area contributed by atoms with Gasteiger partial charge in [0.1, 0.15) is 0 Å². The van der Waals surface area contributed by atoms with Gasteiger partial charge < -0.3 is 9.64 Å². The van der Waals surface area contributed by atoms with E-state index in [2.05, 4.69) is 0 Å². The van der Waals surface area contributed by atoms with Crippen LogP contribution in [0.3, 0.4) is 0 Å². The minimum atomic E-state index is -0.466. The molecule has 2 aliphatic rings. The molecule has 1 saturated heterocycles. The second-order valence-electron chi connectivity index (χ2n) is 7.04. The van der Waals surface area contributed by atoms with E-state index in [9.17, 15) is 19.7 Å². The Hall–Kier alpha value is -2.09. The maximum absolute atomic E-state index is 12.5. The lowest BCUT2D eigenvalue weighted by atomic mass is 9.78. The fourth-order valence-corrected chi connectivity index (χ4v) is 4.70. The zero-order valence-corrected chi connectivity index (χ0v) is 16.0. The fourth-order valence-electron chi connectivity index (χ4n) is 4.01. The summed E-state index contributed by atoms with van der Waals surface area (Å²) in [5.41, 5.74) is 0.00933. The Balaban J connectivity index is 1.43. The zero-order chi connectivity index (χ0) is 19.2. The van der Waals surface area contributed by atoms with E-state index >= 15 is 0 Å². The molecule has 1 saturated carbocycles. The Labute approximate surface area is 162 Å². The Morgan fingerprint density at radius 3 is 2.59 bits per heavy atom. The van der Waals surface area contributed by atoms with Gasteiger partial charge in [-0.1, -0.05) is 12.8 Å². The van der Waals surface area contributed by atoms with Crippen LogP contribution in [0, 0.1) is 16.0 Å². The second kappa shape index (κ2) is 9.21. The standard InChI is InChI=1S/C19H24N2O5S/c22-18(20-11-3-5-14-4-1-2-6-17(14)20)12-26-19(23)13-27-16-9-7-15(8-10-16)21(24)25/h7-10,14,17H,1-6,11-13H2/t14-,17-/m1/s1. The number of nitrogens with zero attached hydrogens (tertiary/aromatic N) is 2. The number of hydrogen-bond acceptors (Lipinski definition) is 6. The predicted molar refractivity (Wildman–Crippen MR) is 101 cm³/mol. The number of piperidine rings is 1. The highest BCUT2D eigenvalue weighted by molar-refractivity contribution is 8.00. The second-order valence-corrected chi connectivity index (χ2v) is 8.09. The Kier molecular flexibility index (Phi) is 6.71. The molecule has 0 spiro atoms. The van der Waals surface area contributed by atoms with Crippen LogP contribution in [0.5, 0.6) is 0 Å². The number of nitro benzene ring substituents is 1. The predicted octanol–water partition coefficient (Wildman–Crippen LogP) is 3.41. The summed E-state index contributed by atoms with van der Waals surface area (Å²) in [5.74, 6) is 0.117. The highest BCUT2D eigenvalue weighted by Gasteiger charge is 2.35. The highest BCUT2D eigenvalue weighted by Crippen LogP contribution is 2.35. The molecule has 1 aromatic carbocycles. The van der Waals surface area contributed by atoms with Crippen LogP contribution in [-0.4, -0.2) is 46.6 Å². The molecule has 7 nitrogen and oxygen atoms in total. The summed E-state index contributed by atoms with van der Waals surface area (Å²) in [6.45, 7) is 0.554. The number of thioether (sulfide) groups is 1. The van der Waals surface area contributed by atoms with Crippen molar-refractivity contribution in [3.8, 4) is 0 Å². The summed E-state index contributed by atoms with van der Waals surface area (Å²) in [7, 11) is 0. The van der Waals surface area contributed by atoms with Crippen LogP contribution in [0.2, 0.25) is 0 Å². The molecule has 2 fully saturated rings. The van der Waals surface area contributed by atoms with Crippen molar-refractivity contribution in [3.63, 3.8) is 0 Å². The number of amides is 1. The first-order valence-electron chi connectivity index (χ1n) is 9.37. The highest BCUT2D eigenvalue weighted by atomic mass is 32.2. The van der Waals surface area contributed by atoms with E-state index in [1.165, 1.54) is 43.2 Å². The van der Waals surface area contributed by atoms with Gasteiger partial charge in [0, 0.05) is 29.6 Å². The molecule has 1 heterocycles. The lowest BCUT2D eigenvalue weighted by Crippen LogP contribution is -2.50. The average Bonchev–Trinajstić information content (AvgIpc) is 2.70. The quantitative estimate of drug-likeness (QED) is 0.319. The molecule has 0 bridgehead atoms. The van der Waals surface area contributed by atoms with E-state index in [-0.39, 0.29) is 24.0 Å². The first-order chi connectivity index (χ1) is 13.0. The van der Waals surface area contributed by atoms with Crippen LogP contribution >= 0.6 is 11.8 Å². The van der Waals surface area contributed by atoms with Gasteiger partial charge in [0.25, 0.3) is 11.6 Å². The van der Waals surface area contributed by atoms with Crippen LogP contribution in [0.25, 0.3) is 0 Å². The third-order valence-electron chi connectivity index (χ3n) is 5.32. The summed E-state index contributed by atoms with van der Waals surface area (Å²) < 4.78 is 5.16. The van der Waals surface area contributed by atoms with Crippen LogP contribution < -0.4 is 0 Å². The van der Waals surface area contributed by atoms with Crippen LogP contribution in [-0.2, 0) is 14.3 Å². The van der Waals surface area contributed by atoms with Gasteiger partial charge in [-0.25, -0.2) is 0 Å². The number of likely N-dealkylation sites (tertiary alicyclic amines) is 1. The smallest absolute Gasteiger partial charge is 0.316 e. The first-order valence-corrected chi connectivity index (χ1v) is 10.4. The monoisotopic (exact) mass is 392 g/mol. The van der Waals surface area contributed by atoms with Crippen molar-refractivity contribution in [3.05, 3.63) is 34.4 Å². The number of esters is 1. The van der Waals surface area contributed by atoms with E-state index in [0.29, 0.717) is 12.0 Å². The number of hydrogen-bond donors (Lipinski definition) is 0. The van der Waals surface area contributed by atoms with Gasteiger partial charge in [-0.15, -0.1) is 11.8 Å². The third kappa shape index (κ3) is 5.22. The van der Waals surface area contributed by atoms with Crippen molar-refractivity contribution in [1.82, 2.24) is 4.90 Å². The third-order valence-corrected chi connectivity index (χ3v) is 6.31. The van der Waals surface area contributed by atoms with Crippen molar-refractivity contribution >= 4 is 29.3 Å². The molecule has 8 heteroatoms. The van der Waals surface area contributed by atoms with Crippen molar-refractivity contribution in [2.45, 2.75) is 49.5 Å². The zero-order valence-electron chi connectivity index (χ0n) is 15.2. The first kappa shape index (κ1) is 19.7. The molecule has 0 aromatic heterocycles. The summed E-state index contributed by atoms with van der Waals surface area (Å²) in [6.07, 6.45) is 6.88. The molecular formula is C19H24N2O5S. The summed E-state index contributed by atoms with van der Waals surface area (Å²) >= 11 is 1.23. The average molecular weight is 392 g/mol. The lowest BCUT2D eigenvalue weighted by molar-refractivity contribution is -0.384. The number of rotatable bonds is 6. The number of carbonyl (C=O) groups is 2. The molecule has 3 rings (SSSR count). The molecule has 0 radical (unpaired) electrons. The number of fused-ring (bicyclic) bond motifs is 1. The SMILES string of the molecule is O=C(CSc1ccc([N+](=O)[O-])cc1)OCC(=O)N1CCC[C@H]2CCCC[C@H]21. The molecule has 1 aliphatic heterocycles. The lowest BCUT2D eigenvalue weighted by Gasteiger charge is -2.44. The van der Waals surface area contributed by atoms with E-state index in [1.807, 2.05) is 4.90 Å². The van der Waals surface area contributed by atoms with E-state index in [1.54, 1.807) is 12.1 Å². The molecule has 1 aromatic rings. The molecule has 2 atom stereocenters. The van der Waals surface area contributed by atoms with Crippen LogP contribution in [0.4, 0.5) is 5.69 Å². The fraction of sp³-hybridized carbons (Fsp3) is 0.579. The van der Waals surface area contributed by atoms with Crippen molar-refractivity contribution in [2.24, 2.45) is 5.92 Å². The molecule has 27 heavy (non-hydrogen) atoms. The van der Waals surface area contributed by atoms with E-state index in [0.717, 1.165) is 30.7 Å². The molecule has 0 unspecified atom stereocenters. The number of ether oxygens (including phenoxy) is 1. The summed E-state index contributed by atoms with van der Waals surface area (Å²) in [4.78, 5) is 37.3. The normalized spacial score (nSPS) is 22.0. The van der Waals surface area contributed by atoms with Gasteiger partial charge in [0.15, 0.2) is 6.61 Å². The van der Waals surface area contributed by atoms with Gasteiger partial charge in [0.05, 0.1) is 10.7 Å². The molecule has 1 aliphatic carbocycles.